The molecule has 0 saturated carbocycles. The predicted octanol–water partition coefficient (Wildman–Crippen LogP) is 4.36. The van der Waals surface area contributed by atoms with Gasteiger partial charge in [-0.1, -0.05) is 30.3 Å². The summed E-state index contributed by atoms with van der Waals surface area (Å²) in [6, 6.07) is 13.0. The van der Waals surface area contributed by atoms with Crippen LogP contribution in [0.25, 0.3) is 0 Å². The lowest BCUT2D eigenvalue weighted by Crippen LogP contribution is -2.36. The van der Waals surface area contributed by atoms with E-state index in [2.05, 4.69) is 56.2 Å². The molecule has 0 bridgehead atoms. The van der Waals surface area contributed by atoms with Gasteiger partial charge in [-0.2, -0.15) is 0 Å². The van der Waals surface area contributed by atoms with Crippen LogP contribution in [0.5, 0.6) is 0 Å². The van der Waals surface area contributed by atoms with Crippen LogP contribution in [0.1, 0.15) is 60.1 Å². The SMILES string of the molecule is CN/C(C)=C(\C(C)=N)C(=O)NCc1ccc(CN(CCNCc2nccs2)C2CCCc3cccnc32)cc1. The van der Waals surface area contributed by atoms with E-state index >= 15 is 0 Å². The van der Waals surface area contributed by atoms with E-state index in [0.717, 1.165) is 49.6 Å². The molecule has 0 fully saturated rings. The fraction of sp³-hybridized carbons (Fsp3) is 0.400. The number of aryl methyl sites for hydroxylation is 1. The molecule has 3 aromatic rings. The zero-order chi connectivity index (χ0) is 27.6. The van der Waals surface area contributed by atoms with Crippen LogP contribution in [-0.4, -0.2) is 46.6 Å². The maximum atomic E-state index is 12.7. The van der Waals surface area contributed by atoms with Gasteiger partial charge in [0.25, 0.3) is 5.91 Å². The molecule has 1 amide bonds. The number of carbonyl (C=O) groups excluding carboxylic acids is 1. The second-order valence-corrected chi connectivity index (χ2v) is 10.9. The fourth-order valence-electron chi connectivity index (χ4n) is 5.06. The van der Waals surface area contributed by atoms with Gasteiger partial charge in [0, 0.05) is 69.0 Å². The van der Waals surface area contributed by atoms with E-state index in [1.165, 1.54) is 23.2 Å². The van der Waals surface area contributed by atoms with Gasteiger partial charge in [0.2, 0.25) is 0 Å². The van der Waals surface area contributed by atoms with E-state index in [0.29, 0.717) is 23.9 Å². The molecule has 8 nitrogen and oxygen atoms in total. The van der Waals surface area contributed by atoms with Crippen molar-refractivity contribution in [3.05, 3.63) is 92.8 Å². The van der Waals surface area contributed by atoms with Crippen LogP contribution in [0.4, 0.5) is 0 Å². The Kier molecular flexibility index (Phi) is 10.4. The number of rotatable bonds is 13. The number of hydrogen-bond donors (Lipinski definition) is 4. The third-order valence-electron chi connectivity index (χ3n) is 7.16. The fourth-order valence-corrected chi connectivity index (χ4v) is 5.64. The lowest BCUT2D eigenvalue weighted by Gasteiger charge is -2.35. The lowest BCUT2D eigenvalue weighted by molar-refractivity contribution is -0.117. The maximum Gasteiger partial charge on any atom is 0.255 e. The number of allylic oxidation sites excluding steroid dienone is 1. The zero-order valence-corrected chi connectivity index (χ0v) is 23.9. The smallest absolute Gasteiger partial charge is 0.255 e. The van der Waals surface area contributed by atoms with E-state index in [4.69, 9.17) is 10.4 Å². The zero-order valence-electron chi connectivity index (χ0n) is 23.1. The molecule has 1 aliphatic rings. The van der Waals surface area contributed by atoms with E-state index in [9.17, 15) is 4.79 Å². The van der Waals surface area contributed by atoms with Gasteiger partial charge in [-0.15, -0.1) is 11.3 Å². The van der Waals surface area contributed by atoms with Gasteiger partial charge in [-0.05, 0) is 55.9 Å². The average molecular weight is 546 g/mol. The molecule has 0 saturated heterocycles. The number of carbonyl (C=O) groups is 1. The highest BCUT2D eigenvalue weighted by molar-refractivity contribution is 7.09. The van der Waals surface area contributed by atoms with Crippen LogP contribution in [0.15, 0.2) is 65.4 Å². The summed E-state index contributed by atoms with van der Waals surface area (Å²) in [6.45, 7) is 7.25. The minimum Gasteiger partial charge on any atom is -0.391 e. The maximum absolute atomic E-state index is 12.7. The Morgan fingerprint density at radius 1 is 1.10 bits per heavy atom. The Morgan fingerprint density at radius 2 is 1.90 bits per heavy atom. The Hall–Kier alpha value is -3.40. The Bertz CT molecular complexity index is 1270. The Labute approximate surface area is 235 Å². The predicted molar refractivity (Wildman–Crippen MR) is 158 cm³/mol. The third-order valence-corrected chi connectivity index (χ3v) is 7.94. The summed E-state index contributed by atoms with van der Waals surface area (Å²) in [5.74, 6) is -0.238. The van der Waals surface area contributed by atoms with Crippen LogP contribution in [0, 0.1) is 5.41 Å². The molecule has 4 N–H and O–H groups in total. The quantitative estimate of drug-likeness (QED) is 0.145. The monoisotopic (exact) mass is 545 g/mol. The van der Waals surface area contributed by atoms with Gasteiger partial charge in [0.05, 0.1) is 17.3 Å². The van der Waals surface area contributed by atoms with Gasteiger partial charge in [-0.3, -0.25) is 14.7 Å². The van der Waals surface area contributed by atoms with Crippen LogP contribution in [0.3, 0.4) is 0 Å². The van der Waals surface area contributed by atoms with Crippen LogP contribution >= 0.6 is 11.3 Å². The number of nitrogens with one attached hydrogen (secondary N) is 4. The molecule has 2 aromatic heterocycles. The molecule has 39 heavy (non-hydrogen) atoms. The number of fused-ring (bicyclic) bond motifs is 1. The number of nitrogens with zero attached hydrogens (tertiary/aromatic N) is 3. The highest BCUT2D eigenvalue weighted by Crippen LogP contribution is 2.33. The number of thiazole rings is 1. The van der Waals surface area contributed by atoms with Crippen molar-refractivity contribution >= 4 is 23.0 Å². The molecular formula is C30H39N7OS. The van der Waals surface area contributed by atoms with Crippen molar-refractivity contribution in [1.82, 2.24) is 30.8 Å². The normalized spacial score (nSPS) is 15.4. The molecule has 2 heterocycles. The summed E-state index contributed by atoms with van der Waals surface area (Å²) in [6.07, 6.45) is 7.14. The highest BCUT2D eigenvalue weighted by Gasteiger charge is 2.27. The summed E-state index contributed by atoms with van der Waals surface area (Å²) in [5.41, 5.74) is 6.15. The van der Waals surface area contributed by atoms with Gasteiger partial charge < -0.3 is 21.4 Å². The molecule has 0 spiro atoms. The summed E-state index contributed by atoms with van der Waals surface area (Å²) >= 11 is 1.68. The van der Waals surface area contributed by atoms with Crippen LogP contribution < -0.4 is 16.0 Å². The number of amides is 1. The molecule has 1 atom stereocenters. The first-order valence-corrected chi connectivity index (χ1v) is 14.4. The first-order valence-electron chi connectivity index (χ1n) is 13.5. The first kappa shape index (κ1) is 28.6. The number of pyridine rings is 1. The van der Waals surface area contributed by atoms with Gasteiger partial charge in [0.1, 0.15) is 5.01 Å². The van der Waals surface area contributed by atoms with Gasteiger partial charge in [-0.25, -0.2) is 4.98 Å². The van der Waals surface area contributed by atoms with E-state index in [-0.39, 0.29) is 11.6 Å². The van der Waals surface area contributed by atoms with E-state index < -0.39 is 0 Å². The average Bonchev–Trinajstić information content (AvgIpc) is 3.47. The molecule has 1 aliphatic carbocycles. The van der Waals surface area contributed by atoms with Crippen molar-refractivity contribution in [1.29, 1.82) is 5.41 Å². The molecule has 0 radical (unpaired) electrons. The minimum absolute atomic E-state index is 0.238. The van der Waals surface area contributed by atoms with Crippen molar-refractivity contribution in [2.45, 2.75) is 58.8 Å². The second-order valence-electron chi connectivity index (χ2n) is 9.90. The summed E-state index contributed by atoms with van der Waals surface area (Å²) in [4.78, 5) is 24.4. The van der Waals surface area contributed by atoms with Crippen molar-refractivity contribution < 1.29 is 4.79 Å². The highest BCUT2D eigenvalue weighted by atomic mass is 32.1. The number of hydrogen-bond acceptors (Lipinski definition) is 8. The standard InChI is InChI=1S/C30H39N7OS/c1-21(31)28(22(2)32-3)30(38)36-18-23-9-11-24(12-10-23)20-37(16-14-33-19-27-34-15-17-39-27)26-8-4-6-25-7-5-13-35-29(25)26/h5,7,9-13,15,17,26,31-33H,4,6,8,14,16,18-20H2,1-3H3,(H,36,38)/b28-22+,31-21?. The van der Waals surface area contributed by atoms with Crippen LogP contribution in [-0.2, 0) is 30.8 Å². The van der Waals surface area contributed by atoms with Gasteiger partial charge in [0.15, 0.2) is 0 Å². The van der Waals surface area contributed by atoms with Crippen LogP contribution in [0.2, 0.25) is 0 Å². The summed E-state index contributed by atoms with van der Waals surface area (Å²) in [5, 5.41) is 20.5. The molecule has 206 valence electrons. The molecular weight excluding hydrogens is 506 g/mol. The molecule has 0 aliphatic heterocycles. The largest absolute Gasteiger partial charge is 0.391 e. The first-order chi connectivity index (χ1) is 19.0. The van der Waals surface area contributed by atoms with Gasteiger partial charge >= 0.3 is 0 Å². The molecule has 1 unspecified atom stereocenters. The summed E-state index contributed by atoms with van der Waals surface area (Å²) in [7, 11) is 1.76. The molecule has 9 heteroatoms. The van der Waals surface area contributed by atoms with E-state index in [1.807, 2.05) is 30.8 Å². The van der Waals surface area contributed by atoms with Crippen molar-refractivity contribution in [3.8, 4) is 0 Å². The third kappa shape index (κ3) is 7.81. The second kappa shape index (κ2) is 14.1. The topological polar surface area (TPSA) is 106 Å². The van der Waals surface area contributed by atoms with Crippen molar-refractivity contribution in [2.75, 3.05) is 20.1 Å². The molecule has 1 aromatic carbocycles. The summed E-state index contributed by atoms with van der Waals surface area (Å²) < 4.78 is 0. The van der Waals surface area contributed by atoms with Crippen molar-refractivity contribution in [3.63, 3.8) is 0 Å². The Morgan fingerprint density at radius 3 is 2.62 bits per heavy atom. The minimum atomic E-state index is -0.238. The van der Waals surface area contributed by atoms with E-state index in [1.54, 1.807) is 25.3 Å². The lowest BCUT2D eigenvalue weighted by atomic mass is 9.90. The number of benzene rings is 1. The molecule has 4 rings (SSSR count). The Balaban J connectivity index is 1.41. The van der Waals surface area contributed by atoms with Crippen molar-refractivity contribution in [2.24, 2.45) is 0 Å². The number of aromatic nitrogens is 2.